The van der Waals surface area contributed by atoms with Gasteiger partial charge in [-0.3, -0.25) is 4.79 Å². The molecule has 0 saturated heterocycles. The molecule has 3 aromatic rings. The Morgan fingerprint density at radius 1 is 1.00 bits per heavy atom. The maximum absolute atomic E-state index is 11.7. The van der Waals surface area contributed by atoms with Crippen LogP contribution in [0.2, 0.25) is 0 Å². The Bertz CT molecular complexity index is 873. The van der Waals surface area contributed by atoms with Crippen molar-refractivity contribution in [3.63, 3.8) is 0 Å². The van der Waals surface area contributed by atoms with Gasteiger partial charge in [-0.2, -0.15) is 0 Å². The topological polar surface area (TPSA) is 32.9 Å². The van der Waals surface area contributed by atoms with Gasteiger partial charge in [-0.15, -0.1) is 0 Å². The third-order valence-corrected chi connectivity index (χ3v) is 4.75. The van der Waals surface area contributed by atoms with E-state index in [0.717, 1.165) is 40.4 Å². The molecule has 110 valence electrons. The van der Waals surface area contributed by atoms with E-state index in [1.165, 1.54) is 36.0 Å². The van der Waals surface area contributed by atoms with Crippen LogP contribution < -0.4 is 0 Å². The smallest absolute Gasteiger partial charge is 0.152 e. The molecule has 1 aliphatic rings. The molecular formula is C20H19NO. The summed E-state index contributed by atoms with van der Waals surface area (Å²) in [5.74, 6) is 0. The first-order valence-corrected chi connectivity index (χ1v) is 7.96. The number of aryl methyl sites for hydroxylation is 3. The molecule has 0 saturated carbocycles. The fraction of sp³-hybridized carbons (Fsp3) is 0.250. The van der Waals surface area contributed by atoms with Crippen LogP contribution in [0.3, 0.4) is 0 Å². The lowest BCUT2D eigenvalue weighted by atomic mass is 9.89. The highest BCUT2D eigenvalue weighted by Crippen LogP contribution is 2.32. The molecule has 2 heteroatoms. The number of rotatable bonds is 2. The number of aldehydes is 1. The summed E-state index contributed by atoms with van der Waals surface area (Å²) in [5, 5.41) is 1.02. The number of benzene rings is 2. The number of aromatic amines is 1. The average molecular weight is 289 g/mol. The van der Waals surface area contributed by atoms with Crippen LogP contribution in [0.1, 0.15) is 39.9 Å². The molecule has 0 spiro atoms. The van der Waals surface area contributed by atoms with E-state index in [0.29, 0.717) is 0 Å². The van der Waals surface area contributed by atoms with Crippen LogP contribution in [0, 0.1) is 6.92 Å². The third kappa shape index (κ3) is 2.07. The maximum atomic E-state index is 11.7. The van der Waals surface area contributed by atoms with E-state index < -0.39 is 0 Å². The normalized spacial score (nSPS) is 14.0. The minimum Gasteiger partial charge on any atom is -0.354 e. The summed E-state index contributed by atoms with van der Waals surface area (Å²) in [6.07, 6.45) is 5.87. The number of hydrogen-bond donors (Lipinski definition) is 1. The van der Waals surface area contributed by atoms with Crippen LogP contribution in [-0.2, 0) is 12.8 Å². The summed E-state index contributed by atoms with van der Waals surface area (Å²) in [6, 6.07) is 12.9. The number of carbonyl (C=O) groups excluding carboxylic acids is 1. The molecule has 1 aliphatic carbocycles. The van der Waals surface area contributed by atoms with Gasteiger partial charge in [0.1, 0.15) is 0 Å². The number of nitrogens with one attached hydrogen (secondary N) is 1. The second-order valence-corrected chi connectivity index (χ2v) is 6.27. The minimum atomic E-state index is 0.773. The number of carbonyl (C=O) groups is 1. The average Bonchev–Trinajstić information content (AvgIpc) is 2.92. The van der Waals surface area contributed by atoms with Gasteiger partial charge in [0.05, 0.1) is 5.69 Å². The standard InChI is InChI=1S/C20H19NO/c1-13-6-9-19-17(10-13)18(12-22)20(21-19)16-8-7-14-4-2-3-5-15(14)11-16/h6-12,21H,2-5H2,1H3. The lowest BCUT2D eigenvalue weighted by molar-refractivity contribution is 0.112. The molecule has 0 radical (unpaired) electrons. The van der Waals surface area contributed by atoms with E-state index in [9.17, 15) is 4.79 Å². The Morgan fingerprint density at radius 2 is 1.82 bits per heavy atom. The largest absolute Gasteiger partial charge is 0.354 e. The Morgan fingerprint density at radius 3 is 2.64 bits per heavy atom. The van der Waals surface area contributed by atoms with Gasteiger partial charge in [-0.1, -0.05) is 23.8 Å². The lowest BCUT2D eigenvalue weighted by Gasteiger charge is -2.16. The number of H-pyrrole nitrogens is 1. The van der Waals surface area contributed by atoms with Crippen molar-refractivity contribution in [1.82, 2.24) is 4.98 Å². The van der Waals surface area contributed by atoms with Crippen molar-refractivity contribution < 1.29 is 4.79 Å². The van der Waals surface area contributed by atoms with Gasteiger partial charge in [0, 0.05) is 16.5 Å². The second kappa shape index (κ2) is 5.13. The van der Waals surface area contributed by atoms with E-state index in [4.69, 9.17) is 0 Å². The molecule has 1 aromatic heterocycles. The highest BCUT2D eigenvalue weighted by Gasteiger charge is 2.15. The van der Waals surface area contributed by atoms with Gasteiger partial charge < -0.3 is 4.98 Å². The van der Waals surface area contributed by atoms with E-state index in [1.54, 1.807) is 0 Å². The first-order valence-electron chi connectivity index (χ1n) is 7.96. The summed E-state index contributed by atoms with van der Waals surface area (Å²) >= 11 is 0. The van der Waals surface area contributed by atoms with Gasteiger partial charge in [0.2, 0.25) is 0 Å². The summed E-state index contributed by atoms with van der Waals surface area (Å²) in [4.78, 5) is 15.1. The number of hydrogen-bond acceptors (Lipinski definition) is 1. The SMILES string of the molecule is Cc1ccc2[nH]c(-c3ccc4c(c3)CCCC4)c(C=O)c2c1. The van der Waals surface area contributed by atoms with Crippen LogP contribution >= 0.6 is 0 Å². The molecule has 2 nitrogen and oxygen atoms in total. The summed E-state index contributed by atoms with van der Waals surface area (Å²) in [6.45, 7) is 2.06. The molecule has 0 atom stereocenters. The van der Waals surface area contributed by atoms with E-state index >= 15 is 0 Å². The van der Waals surface area contributed by atoms with Crippen molar-refractivity contribution >= 4 is 17.2 Å². The number of aromatic nitrogens is 1. The van der Waals surface area contributed by atoms with Crippen LogP contribution in [0.15, 0.2) is 36.4 Å². The molecule has 0 bridgehead atoms. The third-order valence-electron chi connectivity index (χ3n) is 4.75. The molecule has 0 unspecified atom stereocenters. The molecule has 4 rings (SSSR count). The Labute approximate surface area is 130 Å². The van der Waals surface area contributed by atoms with Gasteiger partial charge in [0.15, 0.2) is 6.29 Å². The molecule has 0 fully saturated rings. The van der Waals surface area contributed by atoms with Gasteiger partial charge in [0.25, 0.3) is 0 Å². The van der Waals surface area contributed by atoms with Crippen molar-refractivity contribution in [2.24, 2.45) is 0 Å². The van der Waals surface area contributed by atoms with E-state index in [2.05, 4.69) is 48.3 Å². The molecule has 2 aromatic carbocycles. The molecule has 1 heterocycles. The van der Waals surface area contributed by atoms with Crippen LogP contribution in [0.25, 0.3) is 22.2 Å². The first kappa shape index (κ1) is 13.3. The molecule has 0 aliphatic heterocycles. The maximum Gasteiger partial charge on any atom is 0.152 e. The molecule has 0 amide bonds. The van der Waals surface area contributed by atoms with Crippen LogP contribution in [-0.4, -0.2) is 11.3 Å². The van der Waals surface area contributed by atoms with Crippen molar-refractivity contribution in [1.29, 1.82) is 0 Å². The second-order valence-electron chi connectivity index (χ2n) is 6.27. The predicted octanol–water partition coefficient (Wildman–Crippen LogP) is 4.83. The van der Waals surface area contributed by atoms with Crippen molar-refractivity contribution in [3.8, 4) is 11.3 Å². The fourth-order valence-electron chi connectivity index (χ4n) is 3.57. The zero-order valence-electron chi connectivity index (χ0n) is 12.8. The molecule has 1 N–H and O–H groups in total. The first-order chi connectivity index (χ1) is 10.8. The lowest BCUT2D eigenvalue weighted by Crippen LogP contribution is -2.02. The summed E-state index contributed by atoms with van der Waals surface area (Å²) in [7, 11) is 0. The van der Waals surface area contributed by atoms with E-state index in [-0.39, 0.29) is 0 Å². The monoisotopic (exact) mass is 289 g/mol. The molecular weight excluding hydrogens is 270 g/mol. The number of fused-ring (bicyclic) bond motifs is 2. The fourth-order valence-corrected chi connectivity index (χ4v) is 3.57. The molecule has 22 heavy (non-hydrogen) atoms. The quantitative estimate of drug-likeness (QED) is 0.673. The van der Waals surface area contributed by atoms with Gasteiger partial charge in [-0.25, -0.2) is 0 Å². The zero-order chi connectivity index (χ0) is 15.1. The Balaban J connectivity index is 1.92. The summed E-state index contributed by atoms with van der Waals surface area (Å²) in [5.41, 5.74) is 7.95. The predicted molar refractivity (Wildman–Crippen MR) is 90.5 cm³/mol. The van der Waals surface area contributed by atoms with Crippen molar-refractivity contribution in [2.75, 3.05) is 0 Å². The minimum absolute atomic E-state index is 0.773. The zero-order valence-corrected chi connectivity index (χ0v) is 12.8. The van der Waals surface area contributed by atoms with Gasteiger partial charge >= 0.3 is 0 Å². The van der Waals surface area contributed by atoms with Crippen LogP contribution in [0.4, 0.5) is 0 Å². The highest BCUT2D eigenvalue weighted by atomic mass is 16.1. The Kier molecular flexibility index (Phi) is 3.11. The van der Waals surface area contributed by atoms with Crippen molar-refractivity contribution in [3.05, 3.63) is 58.7 Å². The van der Waals surface area contributed by atoms with Crippen LogP contribution in [0.5, 0.6) is 0 Å². The summed E-state index contributed by atoms with van der Waals surface area (Å²) < 4.78 is 0. The Hall–Kier alpha value is -2.35. The highest BCUT2D eigenvalue weighted by molar-refractivity contribution is 6.04. The van der Waals surface area contributed by atoms with Gasteiger partial charge in [-0.05, 0) is 67.5 Å². The van der Waals surface area contributed by atoms with E-state index in [1.807, 2.05) is 0 Å². The van der Waals surface area contributed by atoms with Crippen molar-refractivity contribution in [2.45, 2.75) is 32.6 Å².